The van der Waals surface area contributed by atoms with Crippen molar-refractivity contribution in [2.75, 3.05) is 0 Å². The summed E-state index contributed by atoms with van der Waals surface area (Å²) in [6, 6.07) is 2.16. The molecule has 0 radical (unpaired) electrons. The van der Waals surface area contributed by atoms with Gasteiger partial charge in [0.15, 0.2) is 0 Å². The normalized spacial score (nSPS) is 4.17. The summed E-state index contributed by atoms with van der Waals surface area (Å²) < 4.78 is 0. The van der Waals surface area contributed by atoms with Gasteiger partial charge in [0.1, 0.15) is 0 Å². The van der Waals surface area contributed by atoms with E-state index in [1.54, 1.807) is 6.92 Å². The summed E-state index contributed by atoms with van der Waals surface area (Å²) in [5, 5.41) is 2.91. The monoisotopic (exact) mass is 81.0 g/mol. The van der Waals surface area contributed by atoms with Crippen LogP contribution in [-0.4, -0.2) is 0 Å². The van der Waals surface area contributed by atoms with Gasteiger partial charge in [0.05, 0.1) is 0 Å². The first kappa shape index (κ1) is 4.87. The first-order valence-corrected chi connectivity index (χ1v) is 1.37. The molecule has 0 atom stereocenters. The van der Waals surface area contributed by atoms with E-state index in [1.165, 1.54) is 0 Å². The van der Waals surface area contributed by atoms with Gasteiger partial charge in [0.2, 0.25) is 0 Å². The van der Waals surface area contributed by atoms with Gasteiger partial charge in [-0.25, -0.2) is 0 Å². The molecule has 0 aromatic carbocycles. The van der Waals surface area contributed by atoms with E-state index in [9.17, 15) is 0 Å². The van der Waals surface area contributed by atoms with E-state index in [4.69, 9.17) is 5.53 Å². The zero-order chi connectivity index (χ0) is 4.83. The highest BCUT2D eigenvalue weighted by Gasteiger charge is 1.43. The zero-order valence-corrected chi connectivity index (χ0v) is 3.34. The molecule has 0 heterocycles. The van der Waals surface area contributed by atoms with Gasteiger partial charge in [0, 0.05) is 4.91 Å². The Bertz CT molecular complexity index is 121. The van der Waals surface area contributed by atoms with Crippen LogP contribution in [0.2, 0.25) is 0 Å². The fourth-order valence-electron chi connectivity index (χ4n) is 0.0724. The van der Waals surface area contributed by atoms with E-state index in [-0.39, 0.29) is 0 Å². The first-order valence-electron chi connectivity index (χ1n) is 1.37. The molecule has 6 heavy (non-hydrogen) atoms. The Hall–Kier alpha value is -1.13. The van der Waals surface area contributed by atoms with Crippen molar-refractivity contribution in [2.45, 2.75) is 6.92 Å². The van der Waals surface area contributed by atoms with Gasteiger partial charge < -0.3 is 0 Å². The second-order valence-corrected chi connectivity index (χ2v) is 0.551. The van der Waals surface area contributed by atoms with Crippen molar-refractivity contribution in [3.8, 4) is 12.0 Å². The van der Waals surface area contributed by atoms with Crippen LogP contribution in [0.1, 0.15) is 6.92 Å². The summed E-state index contributed by atoms with van der Waals surface area (Å²) in [5.74, 6) is 2.40. The maximum absolute atomic E-state index is 7.55. The molecule has 0 aliphatic rings. The van der Waals surface area contributed by atoms with Crippen molar-refractivity contribution in [3.05, 3.63) is 10.4 Å². The molecule has 3 heteroatoms. The highest BCUT2D eigenvalue weighted by molar-refractivity contribution is 4.92. The Morgan fingerprint density at radius 3 is 2.67 bits per heavy atom. The molecule has 0 amide bonds. The molecule has 3 nitrogen and oxygen atoms in total. The first-order chi connectivity index (χ1) is 2.91. The van der Waals surface area contributed by atoms with Crippen molar-refractivity contribution >= 4 is 0 Å². The van der Waals surface area contributed by atoms with Crippen LogP contribution in [0.3, 0.4) is 0 Å². The number of rotatable bonds is 0. The largest absolute Gasteiger partial charge is 0.0988 e. The molecule has 0 aliphatic carbocycles. The molecule has 0 bridgehead atoms. The van der Waals surface area contributed by atoms with Gasteiger partial charge in [-0.1, -0.05) is 5.92 Å². The summed E-state index contributed by atoms with van der Waals surface area (Å²) in [5.41, 5.74) is 7.55. The molecule has 0 fully saturated rings. The highest BCUT2D eigenvalue weighted by Crippen LogP contribution is 1.58. The van der Waals surface area contributed by atoms with Crippen LogP contribution in [-0.2, 0) is 0 Å². The van der Waals surface area contributed by atoms with Gasteiger partial charge >= 0.3 is 0 Å². The molecule has 0 unspecified atom stereocenters. The minimum Gasteiger partial charge on any atom is -0.0988 e. The second kappa shape index (κ2) is 3.87. The number of azide groups is 1. The van der Waals surface area contributed by atoms with Gasteiger partial charge in [-0.05, 0) is 23.6 Å². The molecule has 0 saturated carbocycles. The molecule has 0 saturated heterocycles. The number of hydrogen-bond donors (Lipinski definition) is 0. The molecule has 0 spiro atoms. The molecular weight excluding hydrogens is 78.1 g/mol. The number of hydrogen-bond acceptors (Lipinski definition) is 1. The van der Waals surface area contributed by atoms with Crippen LogP contribution in [0, 0.1) is 12.0 Å². The van der Waals surface area contributed by atoms with Crippen LogP contribution < -0.4 is 0 Å². The molecule has 30 valence electrons. The van der Waals surface area contributed by atoms with Crippen LogP contribution >= 0.6 is 0 Å². The van der Waals surface area contributed by atoms with Gasteiger partial charge in [0.25, 0.3) is 0 Å². The lowest BCUT2D eigenvalue weighted by atomic mass is 10.8. The van der Waals surface area contributed by atoms with E-state index in [2.05, 4.69) is 22.0 Å². The summed E-state index contributed by atoms with van der Waals surface area (Å²) >= 11 is 0. The van der Waals surface area contributed by atoms with Gasteiger partial charge in [-0.3, -0.25) is 0 Å². The molecular formula is C3H3N3. The third-order valence-electron chi connectivity index (χ3n) is 0.207. The molecule has 0 aromatic heterocycles. The quantitative estimate of drug-likeness (QED) is 0.182. The van der Waals surface area contributed by atoms with Crippen molar-refractivity contribution in [2.24, 2.45) is 5.11 Å². The molecule has 0 aromatic rings. The molecule has 0 N–H and O–H groups in total. The topological polar surface area (TPSA) is 48.8 Å². The Balaban J connectivity index is 3.53. The zero-order valence-electron chi connectivity index (χ0n) is 3.34. The SMILES string of the molecule is CC#CN=[N+]=[N-]. The average molecular weight is 81.1 g/mol. The minimum absolute atomic E-state index is 1.61. The van der Waals surface area contributed by atoms with E-state index < -0.39 is 0 Å². The van der Waals surface area contributed by atoms with Gasteiger partial charge in [-0.15, -0.1) is 0 Å². The standard InChI is InChI=1S/C3H3N3/c1-2-3-5-6-4/h1H3. The Morgan fingerprint density at radius 1 is 1.83 bits per heavy atom. The average Bonchev–Trinajstić information content (AvgIpc) is 1.61. The van der Waals surface area contributed by atoms with E-state index >= 15 is 0 Å². The van der Waals surface area contributed by atoms with Crippen LogP contribution in [0.5, 0.6) is 0 Å². The third-order valence-corrected chi connectivity index (χ3v) is 0.207. The maximum Gasteiger partial charge on any atom is 0.0127 e. The minimum atomic E-state index is 1.61. The lowest BCUT2D eigenvalue weighted by Crippen LogP contribution is -1.35. The predicted octanol–water partition coefficient (Wildman–Crippen LogP) is 1.28. The summed E-state index contributed by atoms with van der Waals surface area (Å²) in [4.78, 5) is 2.38. The fourth-order valence-corrected chi connectivity index (χ4v) is 0.0724. The fraction of sp³-hybridized carbons (Fsp3) is 0.333. The molecule has 0 rings (SSSR count). The van der Waals surface area contributed by atoms with Crippen LogP contribution in [0.4, 0.5) is 0 Å². The smallest absolute Gasteiger partial charge is 0.0127 e. The lowest BCUT2D eigenvalue weighted by Gasteiger charge is -1.47. The Labute approximate surface area is 35.6 Å². The highest BCUT2D eigenvalue weighted by atomic mass is 15.1. The number of nitrogens with zero attached hydrogens (tertiary/aromatic N) is 3. The summed E-state index contributed by atoms with van der Waals surface area (Å²) in [6.07, 6.45) is 0. The van der Waals surface area contributed by atoms with Crippen LogP contribution in [0.15, 0.2) is 5.11 Å². The Morgan fingerprint density at radius 2 is 2.50 bits per heavy atom. The van der Waals surface area contributed by atoms with E-state index in [1.807, 2.05) is 0 Å². The van der Waals surface area contributed by atoms with Crippen molar-refractivity contribution in [1.29, 1.82) is 0 Å². The third kappa shape index (κ3) is 2.87. The maximum atomic E-state index is 7.55. The van der Waals surface area contributed by atoms with E-state index in [0.29, 0.717) is 0 Å². The van der Waals surface area contributed by atoms with Crippen molar-refractivity contribution in [1.82, 2.24) is 0 Å². The predicted molar refractivity (Wildman–Crippen MR) is 22.6 cm³/mol. The Kier molecular flexibility index (Phi) is 3.14. The van der Waals surface area contributed by atoms with E-state index in [0.717, 1.165) is 0 Å². The summed E-state index contributed by atoms with van der Waals surface area (Å²) in [6.45, 7) is 1.61. The van der Waals surface area contributed by atoms with Gasteiger partial charge in [-0.2, -0.15) is 0 Å². The van der Waals surface area contributed by atoms with Crippen molar-refractivity contribution < 1.29 is 0 Å². The summed E-state index contributed by atoms with van der Waals surface area (Å²) in [7, 11) is 0. The second-order valence-electron chi connectivity index (χ2n) is 0.551. The molecule has 0 aliphatic heterocycles. The van der Waals surface area contributed by atoms with Crippen LogP contribution in [0.25, 0.3) is 10.4 Å². The lowest BCUT2D eigenvalue weighted by molar-refractivity contribution is 1.59. The van der Waals surface area contributed by atoms with Crippen molar-refractivity contribution in [3.63, 3.8) is 0 Å².